The summed E-state index contributed by atoms with van der Waals surface area (Å²) in [6.07, 6.45) is 1.42. The second-order valence-electron chi connectivity index (χ2n) is 13.3. The van der Waals surface area contributed by atoms with Gasteiger partial charge in [0.1, 0.15) is 22.3 Å². The van der Waals surface area contributed by atoms with Crippen LogP contribution in [0.4, 0.5) is 0 Å². The Morgan fingerprint density at radius 2 is 1.23 bits per heavy atom. The zero-order valence-corrected chi connectivity index (χ0v) is 27.8. The fourth-order valence-electron chi connectivity index (χ4n) is 7.83. The van der Waals surface area contributed by atoms with Crippen LogP contribution in [0.3, 0.4) is 0 Å². The highest BCUT2D eigenvalue weighted by molar-refractivity contribution is 6.22. The number of hydrogen-bond donors (Lipinski definition) is 2. The third-order valence-electron chi connectivity index (χ3n) is 10.2. The van der Waals surface area contributed by atoms with Crippen molar-refractivity contribution in [3.63, 3.8) is 0 Å². The molecule has 10 aromatic rings. The summed E-state index contributed by atoms with van der Waals surface area (Å²) in [6.45, 7) is 0. The number of nitrogens with zero attached hydrogens (tertiary/aromatic N) is 2. The molecular formula is C46H29N4O2+. The first-order valence-electron chi connectivity index (χ1n) is 17.4. The van der Waals surface area contributed by atoms with Gasteiger partial charge in [0.25, 0.3) is 5.84 Å². The van der Waals surface area contributed by atoms with Gasteiger partial charge in [-0.1, -0.05) is 91.0 Å². The van der Waals surface area contributed by atoms with Crippen LogP contribution in [0.1, 0.15) is 22.9 Å². The fraction of sp³-hybridized carbons (Fsp3) is 0.0217. The van der Waals surface area contributed by atoms with Crippen molar-refractivity contribution in [1.29, 1.82) is 0 Å². The van der Waals surface area contributed by atoms with Gasteiger partial charge in [-0.05, 0) is 93.3 Å². The summed E-state index contributed by atoms with van der Waals surface area (Å²) in [5, 5.41) is 11.4. The maximum absolute atomic E-state index is 6.31. The Morgan fingerprint density at radius 1 is 0.519 bits per heavy atom. The van der Waals surface area contributed by atoms with Crippen LogP contribution in [-0.4, -0.2) is 16.7 Å². The smallest absolute Gasteiger partial charge is 0.283 e. The predicted molar refractivity (Wildman–Crippen MR) is 210 cm³/mol. The number of benzene rings is 7. The second kappa shape index (κ2) is 11.2. The largest absolute Gasteiger partial charge is 0.456 e. The summed E-state index contributed by atoms with van der Waals surface area (Å²) >= 11 is 0. The van der Waals surface area contributed by atoms with Crippen LogP contribution in [0.2, 0.25) is 0 Å². The van der Waals surface area contributed by atoms with Gasteiger partial charge in [-0.2, -0.15) is 4.99 Å². The van der Waals surface area contributed by atoms with E-state index in [0.717, 1.165) is 94.3 Å². The van der Waals surface area contributed by atoms with E-state index in [1.54, 1.807) is 0 Å². The van der Waals surface area contributed by atoms with Crippen LogP contribution in [0, 0.1) is 0 Å². The van der Waals surface area contributed by atoms with Gasteiger partial charge >= 0.3 is 0 Å². The summed E-state index contributed by atoms with van der Waals surface area (Å²) in [4.78, 5) is 14.0. The van der Waals surface area contributed by atoms with E-state index in [2.05, 4.69) is 120 Å². The van der Waals surface area contributed by atoms with Crippen LogP contribution >= 0.6 is 0 Å². The number of furan rings is 2. The van der Waals surface area contributed by atoms with Crippen molar-refractivity contribution in [2.24, 2.45) is 4.99 Å². The number of pyridine rings is 1. The summed E-state index contributed by atoms with van der Waals surface area (Å²) in [6, 6.07) is 52.6. The van der Waals surface area contributed by atoms with Crippen molar-refractivity contribution in [2.45, 2.75) is 6.17 Å². The van der Waals surface area contributed by atoms with E-state index >= 15 is 0 Å². The number of hydrogen-bond acceptors (Lipinski definition) is 5. The van der Waals surface area contributed by atoms with Crippen LogP contribution < -0.4 is 10.3 Å². The molecule has 0 aliphatic carbocycles. The summed E-state index contributed by atoms with van der Waals surface area (Å²) in [7, 11) is 0. The predicted octanol–water partition coefficient (Wildman–Crippen LogP) is 9.43. The lowest BCUT2D eigenvalue weighted by molar-refractivity contribution is -0.510. The number of aliphatic imine (C=N–C) groups is 1. The molecule has 244 valence electrons. The topological polar surface area (TPSA) is 77.5 Å². The Morgan fingerprint density at radius 3 is 2.13 bits per heavy atom. The van der Waals surface area contributed by atoms with E-state index in [0.29, 0.717) is 0 Å². The molecular weight excluding hydrogens is 641 g/mol. The highest BCUT2D eigenvalue weighted by atomic mass is 16.3. The molecule has 2 N–H and O–H groups in total. The van der Waals surface area contributed by atoms with Crippen molar-refractivity contribution in [2.75, 3.05) is 0 Å². The van der Waals surface area contributed by atoms with Gasteiger partial charge in [0.05, 0.1) is 16.5 Å². The van der Waals surface area contributed by atoms with E-state index in [9.17, 15) is 0 Å². The molecule has 52 heavy (non-hydrogen) atoms. The van der Waals surface area contributed by atoms with Crippen LogP contribution in [0.5, 0.6) is 0 Å². The third-order valence-corrected chi connectivity index (χ3v) is 10.2. The Kier molecular flexibility index (Phi) is 6.21. The van der Waals surface area contributed by atoms with Gasteiger partial charge in [-0.15, -0.1) is 0 Å². The zero-order valence-electron chi connectivity index (χ0n) is 27.8. The molecule has 0 amide bonds. The van der Waals surface area contributed by atoms with Crippen LogP contribution in [0.25, 0.3) is 76.7 Å². The number of para-hydroxylation sites is 1. The van der Waals surface area contributed by atoms with Crippen molar-refractivity contribution in [3.8, 4) is 11.1 Å². The van der Waals surface area contributed by atoms with E-state index in [-0.39, 0.29) is 0 Å². The average molecular weight is 670 g/mol. The van der Waals surface area contributed by atoms with Crippen molar-refractivity contribution >= 4 is 77.2 Å². The van der Waals surface area contributed by atoms with E-state index in [1.807, 2.05) is 48.7 Å². The Hall–Kier alpha value is -7.05. The standard InChI is InChI=1S/C46H28N4O2/c1-2-11-28-24-30(22-21-27(28)10-1)44-48-45(50-46(49-44)35-16-8-18-38-41(35)34-14-5-6-17-37(34)51-38)31-25-29-12-3-4-13-32(29)36(26-31)33-15-7-19-39-42(33)43-40(52-39)20-9-23-47-43/h1-26,45H,(H,48,49,50)/p+1. The van der Waals surface area contributed by atoms with Gasteiger partial charge in [0, 0.05) is 22.5 Å². The summed E-state index contributed by atoms with van der Waals surface area (Å²) in [5.74, 6) is 1.65. The number of nitrogens with one attached hydrogen (secondary N) is 2. The fourth-order valence-corrected chi connectivity index (χ4v) is 7.83. The molecule has 0 saturated heterocycles. The first-order chi connectivity index (χ1) is 25.7. The molecule has 11 rings (SSSR count). The van der Waals surface area contributed by atoms with E-state index in [4.69, 9.17) is 18.8 Å². The molecule has 1 aliphatic heterocycles. The molecule has 0 spiro atoms. The quantitative estimate of drug-likeness (QED) is 0.196. The molecule has 0 saturated carbocycles. The Bertz CT molecular complexity index is 3130. The molecule has 1 unspecified atom stereocenters. The minimum absolute atomic E-state index is 0.409. The molecule has 6 heteroatoms. The molecule has 0 fully saturated rings. The van der Waals surface area contributed by atoms with Gasteiger partial charge in [0.15, 0.2) is 5.58 Å². The second-order valence-corrected chi connectivity index (χ2v) is 13.3. The van der Waals surface area contributed by atoms with Gasteiger partial charge in [0.2, 0.25) is 12.0 Å². The molecule has 7 aromatic carbocycles. The number of amidine groups is 2. The monoisotopic (exact) mass is 669 g/mol. The normalized spacial score (nSPS) is 14.7. The Balaban J connectivity index is 1.16. The van der Waals surface area contributed by atoms with E-state index < -0.39 is 6.17 Å². The first kappa shape index (κ1) is 28.8. The lowest BCUT2D eigenvalue weighted by Crippen LogP contribution is -2.80. The van der Waals surface area contributed by atoms with Gasteiger partial charge in [-0.25, -0.2) is 10.3 Å². The third kappa shape index (κ3) is 4.48. The minimum Gasteiger partial charge on any atom is -0.456 e. The minimum atomic E-state index is -0.409. The molecule has 3 aromatic heterocycles. The summed E-state index contributed by atoms with van der Waals surface area (Å²) < 4.78 is 12.6. The summed E-state index contributed by atoms with van der Waals surface area (Å²) in [5.41, 5.74) is 9.35. The molecule has 0 radical (unpaired) electrons. The molecule has 1 aliphatic rings. The maximum Gasteiger partial charge on any atom is 0.283 e. The molecule has 6 nitrogen and oxygen atoms in total. The van der Waals surface area contributed by atoms with E-state index in [1.165, 1.54) is 10.8 Å². The van der Waals surface area contributed by atoms with Crippen molar-refractivity contribution in [3.05, 3.63) is 175 Å². The molecule has 1 atom stereocenters. The van der Waals surface area contributed by atoms with Crippen LogP contribution in [-0.2, 0) is 0 Å². The lowest BCUT2D eigenvalue weighted by atomic mass is 9.92. The Labute approximate surface area is 297 Å². The number of aromatic nitrogens is 1. The first-order valence-corrected chi connectivity index (χ1v) is 17.4. The zero-order chi connectivity index (χ0) is 34.2. The average Bonchev–Trinajstić information content (AvgIpc) is 3.79. The number of rotatable bonds is 4. The highest BCUT2D eigenvalue weighted by Crippen LogP contribution is 2.40. The molecule has 0 bridgehead atoms. The van der Waals surface area contributed by atoms with Crippen LogP contribution in [0.15, 0.2) is 172 Å². The van der Waals surface area contributed by atoms with Crippen molar-refractivity contribution < 1.29 is 13.8 Å². The number of fused-ring (bicyclic) bond motifs is 8. The SMILES string of the molecule is c1ccc2cc(C3=[NH+]C(c4cc(-c5cccc6oc7cccnc7c56)c5ccccc5c4)N=C(c4cccc5oc6ccccc6c45)N3)ccc2c1. The van der Waals surface area contributed by atoms with Gasteiger partial charge in [-0.3, -0.25) is 4.98 Å². The highest BCUT2D eigenvalue weighted by Gasteiger charge is 2.29. The molecule has 4 heterocycles. The van der Waals surface area contributed by atoms with Crippen molar-refractivity contribution in [1.82, 2.24) is 10.3 Å². The maximum atomic E-state index is 6.31. The van der Waals surface area contributed by atoms with Gasteiger partial charge < -0.3 is 8.83 Å². The lowest BCUT2D eigenvalue weighted by Gasteiger charge is -2.19.